The van der Waals surface area contributed by atoms with Crippen molar-refractivity contribution in [3.05, 3.63) is 29.3 Å². The van der Waals surface area contributed by atoms with Gasteiger partial charge in [-0.25, -0.2) is 5.84 Å². The summed E-state index contributed by atoms with van der Waals surface area (Å²) in [5.74, 6) is 5.51. The number of hydrazine groups is 1. The molecule has 0 aliphatic carbocycles. The van der Waals surface area contributed by atoms with E-state index in [0.717, 1.165) is 4.90 Å². The van der Waals surface area contributed by atoms with Gasteiger partial charge in [0.25, 0.3) is 0 Å². The maximum Gasteiger partial charge on any atom is 0.234 e. The number of hydrogen-bond donors (Lipinski definition) is 2. The zero-order chi connectivity index (χ0) is 10.4. The molecular weight excluding hydrogens is 220 g/mol. The highest BCUT2D eigenvalue weighted by Crippen LogP contribution is 2.20. The Bertz CT molecular complexity index is 302. The van der Waals surface area contributed by atoms with Crippen LogP contribution in [-0.2, 0) is 4.79 Å². The summed E-state index contributed by atoms with van der Waals surface area (Å²) in [6, 6.07) is 7.50. The van der Waals surface area contributed by atoms with Crippen molar-refractivity contribution in [3.8, 4) is 0 Å². The molecule has 3 nitrogen and oxygen atoms in total. The fourth-order valence-electron chi connectivity index (χ4n) is 0.865. The Morgan fingerprint density at radius 2 is 2.07 bits per heavy atom. The van der Waals surface area contributed by atoms with Gasteiger partial charge in [0.2, 0.25) is 5.91 Å². The van der Waals surface area contributed by atoms with Gasteiger partial charge in [-0.2, -0.15) is 0 Å². The summed E-state index contributed by atoms with van der Waals surface area (Å²) in [6.07, 6.45) is 0.420. The smallest absolute Gasteiger partial charge is 0.234 e. The van der Waals surface area contributed by atoms with Gasteiger partial charge in [0.15, 0.2) is 0 Å². The highest BCUT2D eigenvalue weighted by Gasteiger charge is 1.99. The Morgan fingerprint density at radius 1 is 1.43 bits per heavy atom. The highest BCUT2D eigenvalue weighted by molar-refractivity contribution is 7.99. The summed E-state index contributed by atoms with van der Waals surface area (Å²) < 4.78 is 0. The molecule has 0 bridgehead atoms. The van der Waals surface area contributed by atoms with Crippen LogP contribution in [0.2, 0.25) is 5.02 Å². The topological polar surface area (TPSA) is 55.1 Å². The van der Waals surface area contributed by atoms with E-state index in [1.807, 2.05) is 24.3 Å². The molecule has 0 aliphatic rings. The minimum Gasteiger partial charge on any atom is -0.294 e. The number of hydrogen-bond acceptors (Lipinski definition) is 3. The fourth-order valence-corrected chi connectivity index (χ4v) is 1.84. The van der Waals surface area contributed by atoms with Crippen LogP contribution in [0.4, 0.5) is 0 Å². The maximum atomic E-state index is 10.8. The number of carbonyl (C=O) groups is 1. The Hall–Kier alpha value is -0.710. The van der Waals surface area contributed by atoms with E-state index >= 15 is 0 Å². The van der Waals surface area contributed by atoms with E-state index in [1.54, 1.807) is 11.8 Å². The predicted molar refractivity (Wildman–Crippen MR) is 59.1 cm³/mol. The van der Waals surface area contributed by atoms with Crippen LogP contribution in [0.3, 0.4) is 0 Å². The SMILES string of the molecule is NNC(=O)CCSc1ccc(Cl)cc1. The molecule has 0 saturated carbocycles. The minimum absolute atomic E-state index is 0.147. The van der Waals surface area contributed by atoms with E-state index in [0.29, 0.717) is 17.2 Å². The summed E-state index contributed by atoms with van der Waals surface area (Å²) in [5, 5.41) is 0.717. The van der Waals surface area contributed by atoms with Crippen molar-refractivity contribution < 1.29 is 4.79 Å². The Labute approximate surface area is 92.0 Å². The zero-order valence-electron chi connectivity index (χ0n) is 7.50. The van der Waals surface area contributed by atoms with Crippen LogP contribution in [0, 0.1) is 0 Å². The number of benzene rings is 1. The van der Waals surface area contributed by atoms with Crippen LogP contribution in [0.25, 0.3) is 0 Å². The first-order chi connectivity index (χ1) is 6.72. The van der Waals surface area contributed by atoms with Gasteiger partial charge < -0.3 is 0 Å². The van der Waals surface area contributed by atoms with Crippen LogP contribution in [0.5, 0.6) is 0 Å². The molecule has 0 spiro atoms. The van der Waals surface area contributed by atoms with Gasteiger partial charge in [-0.15, -0.1) is 11.8 Å². The average molecular weight is 231 g/mol. The summed E-state index contributed by atoms with van der Waals surface area (Å²) in [6.45, 7) is 0. The number of carbonyl (C=O) groups excluding carboxylic acids is 1. The van der Waals surface area contributed by atoms with Crippen LogP contribution < -0.4 is 11.3 Å². The Balaban J connectivity index is 2.31. The van der Waals surface area contributed by atoms with E-state index < -0.39 is 0 Å². The molecule has 0 radical (unpaired) electrons. The molecule has 0 heterocycles. The molecule has 1 amide bonds. The second kappa shape index (κ2) is 5.90. The molecule has 0 aliphatic heterocycles. The molecule has 3 N–H and O–H groups in total. The quantitative estimate of drug-likeness (QED) is 0.359. The lowest BCUT2D eigenvalue weighted by molar-refractivity contribution is -0.120. The largest absolute Gasteiger partial charge is 0.294 e. The van der Waals surface area contributed by atoms with Crippen molar-refractivity contribution >= 4 is 29.3 Å². The fraction of sp³-hybridized carbons (Fsp3) is 0.222. The number of nitrogens with two attached hydrogens (primary N) is 1. The number of amides is 1. The molecule has 0 fully saturated rings. The monoisotopic (exact) mass is 230 g/mol. The van der Waals surface area contributed by atoms with Crippen molar-refractivity contribution in [2.45, 2.75) is 11.3 Å². The van der Waals surface area contributed by atoms with Gasteiger partial charge in [-0.3, -0.25) is 10.2 Å². The van der Waals surface area contributed by atoms with Gasteiger partial charge in [-0.1, -0.05) is 11.6 Å². The predicted octanol–water partition coefficient (Wildman–Crippen LogP) is 1.81. The lowest BCUT2D eigenvalue weighted by Crippen LogP contribution is -2.30. The number of rotatable bonds is 4. The van der Waals surface area contributed by atoms with Crippen LogP contribution in [-0.4, -0.2) is 11.7 Å². The van der Waals surface area contributed by atoms with Gasteiger partial charge in [0.1, 0.15) is 0 Å². The first-order valence-electron chi connectivity index (χ1n) is 4.10. The van der Waals surface area contributed by atoms with Crippen molar-refractivity contribution in [2.24, 2.45) is 5.84 Å². The molecule has 1 rings (SSSR count). The number of thioether (sulfide) groups is 1. The summed E-state index contributed by atoms with van der Waals surface area (Å²) in [5.41, 5.74) is 2.09. The Kier molecular flexibility index (Phi) is 4.79. The van der Waals surface area contributed by atoms with E-state index in [4.69, 9.17) is 17.4 Å². The Morgan fingerprint density at radius 3 is 2.64 bits per heavy atom. The van der Waals surface area contributed by atoms with Crippen molar-refractivity contribution in [1.82, 2.24) is 5.43 Å². The molecule has 0 aromatic heterocycles. The van der Waals surface area contributed by atoms with Gasteiger partial charge >= 0.3 is 0 Å². The van der Waals surface area contributed by atoms with Crippen LogP contribution >= 0.6 is 23.4 Å². The van der Waals surface area contributed by atoms with Crippen molar-refractivity contribution in [1.29, 1.82) is 0 Å². The van der Waals surface area contributed by atoms with Crippen molar-refractivity contribution in [2.75, 3.05) is 5.75 Å². The molecule has 1 aromatic carbocycles. The molecule has 14 heavy (non-hydrogen) atoms. The van der Waals surface area contributed by atoms with Gasteiger partial charge in [0, 0.05) is 22.1 Å². The van der Waals surface area contributed by atoms with Crippen LogP contribution in [0.1, 0.15) is 6.42 Å². The molecule has 76 valence electrons. The summed E-state index contributed by atoms with van der Waals surface area (Å²) in [4.78, 5) is 11.9. The minimum atomic E-state index is -0.147. The second-order valence-corrected chi connectivity index (χ2v) is 4.22. The van der Waals surface area contributed by atoms with Gasteiger partial charge in [-0.05, 0) is 24.3 Å². The third kappa shape index (κ3) is 4.00. The number of nitrogens with one attached hydrogen (secondary N) is 1. The molecule has 0 atom stereocenters. The summed E-state index contributed by atoms with van der Waals surface area (Å²) >= 11 is 7.33. The summed E-state index contributed by atoms with van der Waals surface area (Å²) in [7, 11) is 0. The third-order valence-corrected chi connectivity index (χ3v) is 2.84. The van der Waals surface area contributed by atoms with E-state index in [-0.39, 0.29) is 5.91 Å². The maximum absolute atomic E-state index is 10.8. The molecule has 5 heteroatoms. The van der Waals surface area contributed by atoms with E-state index in [2.05, 4.69) is 5.43 Å². The third-order valence-electron chi connectivity index (χ3n) is 1.57. The first-order valence-corrected chi connectivity index (χ1v) is 5.46. The normalized spacial score (nSPS) is 9.86. The first kappa shape index (κ1) is 11.4. The molecule has 0 unspecified atom stereocenters. The standard InChI is InChI=1S/C9H11ClN2OS/c10-7-1-3-8(4-2-7)14-6-5-9(13)12-11/h1-4H,5-6,11H2,(H,12,13). The van der Waals surface area contributed by atoms with Crippen molar-refractivity contribution in [3.63, 3.8) is 0 Å². The molecule has 0 saturated heterocycles. The number of halogens is 1. The zero-order valence-corrected chi connectivity index (χ0v) is 9.07. The van der Waals surface area contributed by atoms with E-state index in [1.165, 1.54) is 0 Å². The van der Waals surface area contributed by atoms with Crippen LogP contribution in [0.15, 0.2) is 29.2 Å². The second-order valence-electron chi connectivity index (χ2n) is 2.62. The highest BCUT2D eigenvalue weighted by atomic mass is 35.5. The lowest BCUT2D eigenvalue weighted by atomic mass is 10.4. The van der Waals surface area contributed by atoms with E-state index in [9.17, 15) is 4.79 Å². The van der Waals surface area contributed by atoms with Gasteiger partial charge in [0.05, 0.1) is 0 Å². The lowest BCUT2D eigenvalue weighted by Gasteiger charge is -2.00. The molecule has 1 aromatic rings. The molecular formula is C9H11ClN2OS. The average Bonchev–Trinajstić information content (AvgIpc) is 2.21.